The quantitative estimate of drug-likeness (QED) is 0.793. The van der Waals surface area contributed by atoms with Crippen molar-refractivity contribution in [1.82, 2.24) is 15.5 Å². The second-order valence-electron chi connectivity index (χ2n) is 5.05. The summed E-state index contributed by atoms with van der Waals surface area (Å²) in [6, 6.07) is 3.93. The Morgan fingerprint density at radius 3 is 2.41 bits per heavy atom. The molecule has 3 N–H and O–H groups in total. The molecule has 0 radical (unpaired) electrons. The summed E-state index contributed by atoms with van der Waals surface area (Å²) in [4.78, 5) is 13.9. The number of alkyl halides is 3. The molecule has 1 fully saturated rings. The van der Waals surface area contributed by atoms with Crippen LogP contribution in [0.1, 0.15) is 5.56 Å². The van der Waals surface area contributed by atoms with Gasteiger partial charge in [0.2, 0.25) is 0 Å². The molecule has 1 aromatic rings. The Bertz CT molecular complexity index is 484. The number of rotatable bonds is 4. The Balaban J connectivity index is 1.72. The van der Waals surface area contributed by atoms with Crippen LogP contribution in [0.3, 0.4) is 0 Å². The molecule has 0 spiro atoms. The van der Waals surface area contributed by atoms with Gasteiger partial charge >= 0.3 is 12.2 Å². The largest absolute Gasteiger partial charge is 0.416 e. The molecule has 0 aromatic heterocycles. The van der Waals surface area contributed by atoms with Crippen molar-refractivity contribution in [3.63, 3.8) is 0 Å². The van der Waals surface area contributed by atoms with Crippen molar-refractivity contribution >= 4 is 11.7 Å². The number of halogens is 3. The van der Waals surface area contributed by atoms with Crippen LogP contribution in [0.15, 0.2) is 24.3 Å². The van der Waals surface area contributed by atoms with Crippen molar-refractivity contribution in [1.29, 1.82) is 0 Å². The summed E-state index contributed by atoms with van der Waals surface area (Å²) < 4.78 is 37.2. The lowest BCUT2D eigenvalue weighted by Crippen LogP contribution is -2.46. The van der Waals surface area contributed by atoms with Gasteiger partial charge in [0.15, 0.2) is 0 Å². The van der Waals surface area contributed by atoms with Gasteiger partial charge < -0.3 is 16.0 Å². The molecule has 1 aliphatic heterocycles. The highest BCUT2D eigenvalue weighted by Crippen LogP contribution is 2.29. The summed E-state index contributed by atoms with van der Waals surface area (Å²) in [5, 5.41) is 8.44. The lowest BCUT2D eigenvalue weighted by molar-refractivity contribution is -0.137. The van der Waals surface area contributed by atoms with E-state index in [-0.39, 0.29) is 0 Å². The van der Waals surface area contributed by atoms with Gasteiger partial charge in [0.1, 0.15) is 0 Å². The number of amides is 2. The van der Waals surface area contributed by atoms with Gasteiger partial charge in [-0.05, 0) is 24.3 Å². The zero-order valence-corrected chi connectivity index (χ0v) is 12.0. The number of nitrogens with one attached hydrogen (secondary N) is 3. The lowest BCUT2D eigenvalue weighted by Gasteiger charge is -2.27. The number of hydrogen-bond acceptors (Lipinski definition) is 3. The molecule has 0 unspecified atom stereocenters. The average molecular weight is 316 g/mol. The molecule has 0 atom stereocenters. The summed E-state index contributed by atoms with van der Waals surface area (Å²) in [5.41, 5.74) is -0.412. The van der Waals surface area contributed by atoms with Crippen molar-refractivity contribution in [3.05, 3.63) is 29.8 Å². The van der Waals surface area contributed by atoms with Crippen molar-refractivity contribution < 1.29 is 18.0 Å². The van der Waals surface area contributed by atoms with Gasteiger partial charge in [0, 0.05) is 45.0 Å². The minimum absolute atomic E-state index is 0.327. The summed E-state index contributed by atoms with van der Waals surface area (Å²) in [7, 11) is 0. The second kappa shape index (κ2) is 7.46. The fraction of sp³-hybridized carbons (Fsp3) is 0.500. The monoisotopic (exact) mass is 316 g/mol. The minimum atomic E-state index is -4.37. The van der Waals surface area contributed by atoms with Crippen LogP contribution >= 0.6 is 0 Å². The highest BCUT2D eigenvalue weighted by molar-refractivity contribution is 5.89. The van der Waals surface area contributed by atoms with E-state index in [2.05, 4.69) is 20.9 Å². The second-order valence-corrected chi connectivity index (χ2v) is 5.05. The van der Waals surface area contributed by atoms with Crippen LogP contribution < -0.4 is 16.0 Å². The van der Waals surface area contributed by atoms with Crippen molar-refractivity contribution in [2.45, 2.75) is 6.18 Å². The van der Waals surface area contributed by atoms with Crippen LogP contribution in [-0.4, -0.2) is 50.2 Å². The van der Waals surface area contributed by atoms with Gasteiger partial charge in [-0.25, -0.2) is 4.79 Å². The van der Waals surface area contributed by atoms with Crippen LogP contribution in [0.4, 0.5) is 23.7 Å². The number of nitrogens with zero attached hydrogens (tertiary/aromatic N) is 1. The van der Waals surface area contributed by atoms with Crippen molar-refractivity contribution in [3.8, 4) is 0 Å². The van der Waals surface area contributed by atoms with E-state index in [1.54, 1.807) is 0 Å². The van der Waals surface area contributed by atoms with E-state index in [0.717, 1.165) is 44.9 Å². The Morgan fingerprint density at radius 2 is 1.82 bits per heavy atom. The first-order chi connectivity index (χ1) is 10.4. The number of urea groups is 1. The van der Waals surface area contributed by atoms with Gasteiger partial charge in [-0.3, -0.25) is 4.90 Å². The number of anilines is 1. The molecule has 2 rings (SSSR count). The highest BCUT2D eigenvalue weighted by Gasteiger charge is 2.29. The topological polar surface area (TPSA) is 56.4 Å². The summed E-state index contributed by atoms with van der Waals surface area (Å²) in [5.74, 6) is 0. The summed E-state index contributed by atoms with van der Waals surface area (Å²) in [6.45, 7) is 5.02. The molecule has 0 bridgehead atoms. The zero-order chi connectivity index (χ0) is 16.0. The first-order valence-electron chi connectivity index (χ1n) is 7.10. The predicted octanol–water partition coefficient (Wildman–Crippen LogP) is 1.73. The number of carbonyl (C=O) groups is 1. The standard InChI is InChI=1S/C14H19F3N4O/c15-14(16,17)11-1-3-12(4-2-11)20-13(22)19-7-10-21-8-5-18-6-9-21/h1-4,18H,5-10H2,(H2,19,20,22). The van der Waals surface area contributed by atoms with Crippen LogP contribution in [0.25, 0.3) is 0 Å². The molecule has 0 saturated carbocycles. The molecule has 0 aliphatic carbocycles. The normalized spacial score (nSPS) is 16.3. The molecule has 1 saturated heterocycles. The molecule has 8 heteroatoms. The van der Waals surface area contributed by atoms with E-state index in [1.807, 2.05) is 0 Å². The Hall–Kier alpha value is -1.80. The smallest absolute Gasteiger partial charge is 0.337 e. The fourth-order valence-corrected chi connectivity index (χ4v) is 2.18. The first kappa shape index (κ1) is 16.6. The van der Waals surface area contributed by atoms with E-state index < -0.39 is 17.8 Å². The summed E-state index contributed by atoms with van der Waals surface area (Å²) >= 11 is 0. The van der Waals surface area contributed by atoms with Gasteiger partial charge in [-0.1, -0.05) is 0 Å². The van der Waals surface area contributed by atoms with E-state index >= 15 is 0 Å². The van der Waals surface area contributed by atoms with Gasteiger partial charge in [0.05, 0.1) is 5.56 Å². The fourth-order valence-electron chi connectivity index (χ4n) is 2.18. The zero-order valence-electron chi connectivity index (χ0n) is 12.0. The maximum atomic E-state index is 12.4. The maximum Gasteiger partial charge on any atom is 0.416 e. The minimum Gasteiger partial charge on any atom is -0.337 e. The van der Waals surface area contributed by atoms with E-state index in [4.69, 9.17) is 0 Å². The summed E-state index contributed by atoms with van der Waals surface area (Å²) in [6.07, 6.45) is -4.37. The SMILES string of the molecule is O=C(NCCN1CCNCC1)Nc1ccc(C(F)(F)F)cc1. The van der Waals surface area contributed by atoms with E-state index in [0.29, 0.717) is 12.2 Å². The first-order valence-corrected chi connectivity index (χ1v) is 7.10. The predicted molar refractivity (Wildman–Crippen MR) is 77.8 cm³/mol. The van der Waals surface area contributed by atoms with Crippen LogP contribution in [0.2, 0.25) is 0 Å². The molecule has 1 heterocycles. The van der Waals surface area contributed by atoms with Gasteiger partial charge in [0.25, 0.3) is 0 Å². The maximum absolute atomic E-state index is 12.4. The molecule has 122 valence electrons. The van der Waals surface area contributed by atoms with Crippen LogP contribution in [0, 0.1) is 0 Å². The molecule has 22 heavy (non-hydrogen) atoms. The third kappa shape index (κ3) is 5.19. The number of hydrogen-bond donors (Lipinski definition) is 3. The highest BCUT2D eigenvalue weighted by atomic mass is 19.4. The third-order valence-electron chi connectivity index (χ3n) is 3.39. The lowest BCUT2D eigenvalue weighted by atomic mass is 10.2. The molecule has 2 amide bonds. The van der Waals surface area contributed by atoms with Crippen molar-refractivity contribution in [2.24, 2.45) is 0 Å². The molecule has 1 aliphatic rings. The Kier molecular flexibility index (Phi) is 5.62. The van der Waals surface area contributed by atoms with Crippen molar-refractivity contribution in [2.75, 3.05) is 44.6 Å². The third-order valence-corrected chi connectivity index (χ3v) is 3.39. The number of carbonyl (C=O) groups excluding carboxylic acids is 1. The van der Waals surface area contributed by atoms with E-state index in [1.165, 1.54) is 12.1 Å². The number of benzene rings is 1. The van der Waals surface area contributed by atoms with Gasteiger partial charge in [-0.2, -0.15) is 13.2 Å². The van der Waals surface area contributed by atoms with Gasteiger partial charge in [-0.15, -0.1) is 0 Å². The Labute approximate surface area is 126 Å². The average Bonchev–Trinajstić information content (AvgIpc) is 2.48. The molecule has 1 aromatic carbocycles. The van der Waals surface area contributed by atoms with E-state index in [9.17, 15) is 18.0 Å². The molecule has 5 nitrogen and oxygen atoms in total. The van der Waals surface area contributed by atoms with Crippen LogP contribution in [-0.2, 0) is 6.18 Å². The van der Waals surface area contributed by atoms with Crippen LogP contribution in [0.5, 0.6) is 0 Å². The molecular formula is C14H19F3N4O. The molecular weight excluding hydrogens is 297 g/mol. The number of piperazine rings is 1. The Morgan fingerprint density at radius 1 is 1.18 bits per heavy atom.